The summed E-state index contributed by atoms with van der Waals surface area (Å²) in [6.07, 6.45) is 2.33. The first kappa shape index (κ1) is 15.9. The van der Waals surface area contributed by atoms with Gasteiger partial charge in [-0.2, -0.15) is 0 Å². The fourth-order valence-electron chi connectivity index (χ4n) is 1.80. The second-order valence-corrected chi connectivity index (χ2v) is 4.75. The van der Waals surface area contributed by atoms with E-state index < -0.39 is 12.0 Å². The van der Waals surface area contributed by atoms with Crippen molar-refractivity contribution in [2.24, 2.45) is 5.92 Å². The Morgan fingerprint density at radius 3 is 2.65 bits per heavy atom. The molecule has 1 rings (SSSR count). The number of hydrogen-bond donors (Lipinski definition) is 2. The molecule has 110 valence electrons. The number of nitrogens with zero attached hydrogens (tertiary/aromatic N) is 1. The molecule has 1 heterocycles. The number of aromatic nitrogens is 1. The largest absolute Gasteiger partial charge is 0.480 e. The van der Waals surface area contributed by atoms with Crippen molar-refractivity contribution >= 4 is 11.9 Å². The number of nitrogens with one attached hydrogen (secondary N) is 1. The zero-order chi connectivity index (χ0) is 15.1. The Labute approximate surface area is 117 Å². The summed E-state index contributed by atoms with van der Waals surface area (Å²) in [6.45, 7) is 3.88. The molecular weight excluding hydrogens is 260 g/mol. The predicted molar refractivity (Wildman–Crippen MR) is 74.3 cm³/mol. The average molecular weight is 280 g/mol. The number of rotatable bonds is 7. The highest BCUT2D eigenvalue weighted by Crippen LogP contribution is 2.08. The van der Waals surface area contributed by atoms with Gasteiger partial charge in [-0.3, -0.25) is 9.59 Å². The first-order valence-corrected chi connectivity index (χ1v) is 6.63. The van der Waals surface area contributed by atoms with Crippen molar-refractivity contribution in [3.05, 3.63) is 34.7 Å². The topological polar surface area (TPSA) is 88.4 Å². The molecule has 0 saturated heterocycles. The van der Waals surface area contributed by atoms with Crippen molar-refractivity contribution in [3.63, 3.8) is 0 Å². The van der Waals surface area contributed by atoms with Gasteiger partial charge in [0.2, 0.25) is 5.91 Å². The van der Waals surface area contributed by atoms with E-state index in [1.165, 1.54) is 10.6 Å². The van der Waals surface area contributed by atoms with Gasteiger partial charge in [0, 0.05) is 25.2 Å². The van der Waals surface area contributed by atoms with Crippen LogP contribution in [0.1, 0.15) is 26.7 Å². The molecule has 0 fully saturated rings. The van der Waals surface area contributed by atoms with Crippen molar-refractivity contribution < 1.29 is 14.7 Å². The molecule has 0 spiro atoms. The van der Waals surface area contributed by atoms with Crippen LogP contribution in [0.15, 0.2) is 29.2 Å². The molecule has 2 N–H and O–H groups in total. The minimum Gasteiger partial charge on any atom is -0.480 e. The highest BCUT2D eigenvalue weighted by molar-refractivity contribution is 5.83. The van der Waals surface area contributed by atoms with Crippen LogP contribution in [0.3, 0.4) is 0 Å². The number of aliphatic carboxylic acids is 1. The van der Waals surface area contributed by atoms with Gasteiger partial charge in [0.1, 0.15) is 6.04 Å². The van der Waals surface area contributed by atoms with Crippen LogP contribution in [0.5, 0.6) is 0 Å². The number of carboxylic acid groups (broad SMARTS) is 1. The number of pyridine rings is 1. The molecule has 2 atom stereocenters. The monoisotopic (exact) mass is 280 g/mol. The summed E-state index contributed by atoms with van der Waals surface area (Å²) in [5.41, 5.74) is -0.183. The van der Waals surface area contributed by atoms with Gasteiger partial charge in [0.25, 0.3) is 5.56 Å². The quantitative estimate of drug-likeness (QED) is 0.775. The number of carbonyl (C=O) groups is 2. The maximum Gasteiger partial charge on any atom is 0.326 e. The lowest BCUT2D eigenvalue weighted by Gasteiger charge is -2.20. The number of carboxylic acids is 1. The molecule has 0 saturated carbocycles. The van der Waals surface area contributed by atoms with Crippen molar-refractivity contribution in [1.82, 2.24) is 9.88 Å². The van der Waals surface area contributed by atoms with E-state index in [9.17, 15) is 14.4 Å². The Balaban J connectivity index is 2.57. The van der Waals surface area contributed by atoms with Gasteiger partial charge in [0.15, 0.2) is 0 Å². The van der Waals surface area contributed by atoms with Crippen LogP contribution in [0.4, 0.5) is 0 Å². The minimum atomic E-state index is -1.04. The van der Waals surface area contributed by atoms with Gasteiger partial charge in [-0.1, -0.05) is 26.3 Å². The lowest BCUT2D eigenvalue weighted by molar-refractivity contribution is -0.143. The third kappa shape index (κ3) is 4.53. The summed E-state index contributed by atoms with van der Waals surface area (Å²) in [6, 6.07) is 3.86. The molecule has 0 aromatic carbocycles. The second-order valence-electron chi connectivity index (χ2n) is 4.75. The van der Waals surface area contributed by atoms with Crippen LogP contribution in [0.2, 0.25) is 0 Å². The molecule has 0 bridgehead atoms. The molecule has 6 heteroatoms. The van der Waals surface area contributed by atoms with Gasteiger partial charge in [0.05, 0.1) is 0 Å². The molecule has 1 aromatic rings. The van der Waals surface area contributed by atoms with Crippen LogP contribution >= 0.6 is 0 Å². The van der Waals surface area contributed by atoms with Crippen LogP contribution < -0.4 is 10.9 Å². The van der Waals surface area contributed by atoms with Crippen molar-refractivity contribution in [2.75, 3.05) is 0 Å². The van der Waals surface area contributed by atoms with Crippen LogP contribution in [0.25, 0.3) is 0 Å². The summed E-state index contributed by atoms with van der Waals surface area (Å²) in [5.74, 6) is -1.55. The van der Waals surface area contributed by atoms with Crippen molar-refractivity contribution in [1.29, 1.82) is 0 Å². The van der Waals surface area contributed by atoms with E-state index in [1.54, 1.807) is 25.3 Å². The van der Waals surface area contributed by atoms with E-state index >= 15 is 0 Å². The molecular formula is C14H20N2O4. The zero-order valence-corrected chi connectivity index (χ0v) is 11.7. The maximum absolute atomic E-state index is 11.8. The molecule has 1 aromatic heterocycles. The smallest absolute Gasteiger partial charge is 0.326 e. The van der Waals surface area contributed by atoms with Gasteiger partial charge in [-0.15, -0.1) is 0 Å². The molecule has 20 heavy (non-hydrogen) atoms. The fraction of sp³-hybridized carbons (Fsp3) is 0.500. The normalized spacial score (nSPS) is 13.5. The van der Waals surface area contributed by atoms with E-state index in [4.69, 9.17) is 5.11 Å². The number of carbonyl (C=O) groups excluding carboxylic acids is 1. The fourth-order valence-corrected chi connectivity index (χ4v) is 1.80. The van der Waals surface area contributed by atoms with E-state index in [-0.39, 0.29) is 30.3 Å². The van der Waals surface area contributed by atoms with Crippen molar-refractivity contribution in [3.8, 4) is 0 Å². The Morgan fingerprint density at radius 2 is 2.10 bits per heavy atom. The van der Waals surface area contributed by atoms with Crippen LogP contribution in [-0.4, -0.2) is 27.6 Å². The Hall–Kier alpha value is -2.11. The average Bonchev–Trinajstić information content (AvgIpc) is 2.42. The van der Waals surface area contributed by atoms with E-state index in [0.29, 0.717) is 6.42 Å². The predicted octanol–water partition coefficient (Wildman–Crippen LogP) is 0.854. The lowest BCUT2D eigenvalue weighted by atomic mass is 9.99. The summed E-state index contributed by atoms with van der Waals surface area (Å²) in [5, 5.41) is 11.6. The SMILES string of the molecule is CCC(C)C(NC(=O)CCn1ccccc1=O)C(=O)O. The van der Waals surface area contributed by atoms with Crippen LogP contribution in [-0.2, 0) is 16.1 Å². The summed E-state index contributed by atoms with van der Waals surface area (Å²) in [7, 11) is 0. The van der Waals surface area contributed by atoms with Gasteiger partial charge in [-0.05, 0) is 12.0 Å². The number of aryl methyl sites for hydroxylation is 1. The number of hydrogen-bond acceptors (Lipinski definition) is 3. The molecule has 0 aliphatic rings. The maximum atomic E-state index is 11.8. The summed E-state index contributed by atoms with van der Waals surface area (Å²) >= 11 is 0. The third-order valence-electron chi connectivity index (χ3n) is 3.27. The molecule has 1 amide bonds. The molecule has 0 aliphatic heterocycles. The highest BCUT2D eigenvalue weighted by Gasteiger charge is 2.24. The Bertz CT molecular complexity index is 524. The molecule has 6 nitrogen and oxygen atoms in total. The highest BCUT2D eigenvalue weighted by atomic mass is 16.4. The Kier molecular flexibility index (Phi) is 5.96. The lowest BCUT2D eigenvalue weighted by Crippen LogP contribution is -2.45. The van der Waals surface area contributed by atoms with Gasteiger partial charge in [-0.25, -0.2) is 4.79 Å². The van der Waals surface area contributed by atoms with E-state index in [1.807, 2.05) is 6.92 Å². The molecule has 2 unspecified atom stereocenters. The summed E-state index contributed by atoms with van der Waals surface area (Å²) in [4.78, 5) is 34.3. The standard InChI is InChI=1S/C14H20N2O4/c1-3-10(2)13(14(19)20)15-11(17)7-9-16-8-5-4-6-12(16)18/h4-6,8,10,13H,3,7,9H2,1-2H3,(H,15,17)(H,19,20). The molecule has 0 radical (unpaired) electrons. The van der Waals surface area contributed by atoms with Crippen LogP contribution in [0, 0.1) is 5.92 Å². The number of amides is 1. The zero-order valence-electron chi connectivity index (χ0n) is 11.7. The third-order valence-corrected chi connectivity index (χ3v) is 3.27. The first-order chi connectivity index (χ1) is 9.45. The van der Waals surface area contributed by atoms with E-state index in [0.717, 1.165) is 0 Å². The van der Waals surface area contributed by atoms with Crippen molar-refractivity contribution in [2.45, 2.75) is 39.3 Å². The van der Waals surface area contributed by atoms with Gasteiger partial charge < -0.3 is 15.0 Å². The molecule has 0 aliphatic carbocycles. The second kappa shape index (κ2) is 7.47. The van der Waals surface area contributed by atoms with E-state index in [2.05, 4.69) is 5.32 Å². The Morgan fingerprint density at radius 1 is 1.40 bits per heavy atom. The minimum absolute atomic E-state index is 0.0735. The first-order valence-electron chi connectivity index (χ1n) is 6.63. The summed E-state index contributed by atoms with van der Waals surface area (Å²) < 4.78 is 1.42. The van der Waals surface area contributed by atoms with Gasteiger partial charge >= 0.3 is 5.97 Å².